The average Bonchev–Trinajstić information content (AvgIpc) is 2.15. The van der Waals surface area contributed by atoms with Crippen LogP contribution in [0.3, 0.4) is 0 Å². The van der Waals surface area contributed by atoms with Gasteiger partial charge in [-0.3, -0.25) is 0 Å². The highest BCUT2D eigenvalue weighted by Gasteiger charge is 2.11. The van der Waals surface area contributed by atoms with Crippen LogP contribution in [-0.4, -0.2) is 4.83 Å². The zero-order valence-corrected chi connectivity index (χ0v) is 10.5. The molecule has 0 N–H and O–H groups in total. The van der Waals surface area contributed by atoms with Crippen molar-refractivity contribution in [2.24, 2.45) is 5.92 Å². The van der Waals surface area contributed by atoms with Crippen LogP contribution in [0, 0.1) is 17.6 Å². The number of rotatable bonds is 4. The van der Waals surface area contributed by atoms with Gasteiger partial charge in [0.2, 0.25) is 0 Å². The van der Waals surface area contributed by atoms with Gasteiger partial charge in [-0.1, -0.05) is 35.8 Å². The Hall–Kier alpha value is -0.440. The van der Waals surface area contributed by atoms with E-state index in [1.165, 1.54) is 12.1 Å². The Balaban J connectivity index is 2.58. The normalized spacial score (nSPS) is 13.2. The Morgan fingerprint density at radius 2 is 1.93 bits per heavy atom. The Kier molecular flexibility index (Phi) is 4.71. The predicted molar refractivity (Wildman–Crippen MR) is 62.2 cm³/mol. The van der Waals surface area contributed by atoms with E-state index < -0.39 is 11.6 Å². The summed E-state index contributed by atoms with van der Waals surface area (Å²) in [4.78, 5) is 0.377. The van der Waals surface area contributed by atoms with Crippen LogP contribution in [0.1, 0.15) is 25.8 Å². The maximum atomic E-state index is 13.2. The first-order valence-corrected chi connectivity index (χ1v) is 6.00. The predicted octanol–water partition coefficient (Wildman–Crippen LogP) is 4.32. The molecule has 0 aliphatic heterocycles. The van der Waals surface area contributed by atoms with Gasteiger partial charge >= 0.3 is 0 Å². The first-order valence-electron chi connectivity index (χ1n) is 5.08. The quantitative estimate of drug-likeness (QED) is 0.719. The topological polar surface area (TPSA) is 0 Å². The lowest BCUT2D eigenvalue weighted by Gasteiger charge is -2.13. The fourth-order valence-corrected chi connectivity index (χ4v) is 1.58. The van der Waals surface area contributed by atoms with Crippen molar-refractivity contribution in [3.05, 3.63) is 35.4 Å². The Morgan fingerprint density at radius 1 is 1.27 bits per heavy atom. The zero-order chi connectivity index (χ0) is 11.4. The minimum absolute atomic E-state index is 0.377. The van der Waals surface area contributed by atoms with Crippen molar-refractivity contribution in [1.82, 2.24) is 0 Å². The highest BCUT2D eigenvalue weighted by Crippen LogP contribution is 2.20. The molecule has 0 amide bonds. The van der Waals surface area contributed by atoms with E-state index in [1.807, 2.05) is 0 Å². The molecule has 0 saturated heterocycles. The molecule has 84 valence electrons. The molecule has 15 heavy (non-hydrogen) atoms. The van der Waals surface area contributed by atoms with Gasteiger partial charge in [0.25, 0.3) is 0 Å². The minimum atomic E-state index is -0.518. The molecule has 0 nitrogen and oxygen atoms in total. The summed E-state index contributed by atoms with van der Waals surface area (Å²) in [6.45, 7) is 4.22. The molecule has 0 heterocycles. The third-order valence-electron chi connectivity index (χ3n) is 2.43. The van der Waals surface area contributed by atoms with Crippen molar-refractivity contribution < 1.29 is 8.78 Å². The summed E-state index contributed by atoms with van der Waals surface area (Å²) in [5.74, 6) is -0.442. The zero-order valence-electron chi connectivity index (χ0n) is 8.93. The van der Waals surface area contributed by atoms with E-state index >= 15 is 0 Å². The van der Waals surface area contributed by atoms with Gasteiger partial charge in [0, 0.05) is 10.9 Å². The number of alkyl halides is 1. The van der Waals surface area contributed by atoms with E-state index in [4.69, 9.17) is 0 Å². The van der Waals surface area contributed by atoms with E-state index in [-0.39, 0.29) is 0 Å². The second kappa shape index (κ2) is 5.59. The second-order valence-electron chi connectivity index (χ2n) is 4.03. The molecule has 3 heteroatoms. The summed E-state index contributed by atoms with van der Waals surface area (Å²) >= 11 is 3.54. The average molecular weight is 277 g/mol. The summed E-state index contributed by atoms with van der Waals surface area (Å²) in [6.07, 6.45) is 1.50. The lowest BCUT2D eigenvalue weighted by Crippen LogP contribution is -2.08. The molecule has 1 unspecified atom stereocenters. The van der Waals surface area contributed by atoms with Crippen LogP contribution in [0.15, 0.2) is 18.2 Å². The Bertz CT molecular complexity index is 323. The number of benzene rings is 1. The van der Waals surface area contributed by atoms with Gasteiger partial charge in [-0.25, -0.2) is 8.78 Å². The third-order valence-corrected chi connectivity index (χ3v) is 3.94. The molecule has 0 bridgehead atoms. The van der Waals surface area contributed by atoms with Gasteiger partial charge in [0.1, 0.15) is 11.6 Å². The van der Waals surface area contributed by atoms with Crippen LogP contribution in [0.5, 0.6) is 0 Å². The minimum Gasteiger partial charge on any atom is -0.207 e. The molecular weight excluding hydrogens is 262 g/mol. The Morgan fingerprint density at radius 3 is 2.47 bits per heavy atom. The smallest absolute Gasteiger partial charge is 0.129 e. The summed E-state index contributed by atoms with van der Waals surface area (Å²) in [5.41, 5.74) is 0.585. The molecule has 0 aliphatic carbocycles. The van der Waals surface area contributed by atoms with Crippen LogP contribution >= 0.6 is 15.9 Å². The monoisotopic (exact) mass is 276 g/mol. The molecule has 0 fully saturated rings. The fraction of sp³-hybridized carbons (Fsp3) is 0.500. The highest BCUT2D eigenvalue weighted by atomic mass is 79.9. The number of hydrogen-bond acceptors (Lipinski definition) is 0. The summed E-state index contributed by atoms with van der Waals surface area (Å²) in [6, 6.07) is 3.76. The van der Waals surface area contributed by atoms with Gasteiger partial charge in [0.05, 0.1) is 0 Å². The fourth-order valence-electron chi connectivity index (χ4n) is 1.35. The number of aryl methyl sites for hydroxylation is 1. The first-order chi connectivity index (χ1) is 7.00. The maximum Gasteiger partial charge on any atom is 0.129 e. The summed E-state index contributed by atoms with van der Waals surface area (Å²) < 4.78 is 25.9. The molecule has 0 radical (unpaired) electrons. The van der Waals surface area contributed by atoms with E-state index in [1.54, 1.807) is 0 Å². The van der Waals surface area contributed by atoms with Crippen molar-refractivity contribution in [3.8, 4) is 0 Å². The van der Waals surface area contributed by atoms with Crippen molar-refractivity contribution in [2.45, 2.75) is 31.5 Å². The molecule has 1 rings (SSSR count). The number of halogens is 3. The third kappa shape index (κ3) is 3.90. The molecule has 1 aromatic carbocycles. The van der Waals surface area contributed by atoms with Crippen LogP contribution in [0.2, 0.25) is 0 Å². The van der Waals surface area contributed by atoms with Crippen LogP contribution in [0.25, 0.3) is 0 Å². The molecule has 0 saturated carbocycles. The van der Waals surface area contributed by atoms with Crippen molar-refractivity contribution in [3.63, 3.8) is 0 Å². The molecule has 0 aromatic heterocycles. The van der Waals surface area contributed by atoms with Gasteiger partial charge in [-0.15, -0.1) is 0 Å². The van der Waals surface area contributed by atoms with Crippen LogP contribution in [-0.2, 0) is 6.42 Å². The summed E-state index contributed by atoms with van der Waals surface area (Å²) in [5, 5.41) is 0. The molecule has 1 aromatic rings. The second-order valence-corrected chi connectivity index (χ2v) is 5.21. The highest BCUT2D eigenvalue weighted by molar-refractivity contribution is 9.09. The number of hydrogen-bond donors (Lipinski definition) is 0. The molecule has 1 atom stereocenters. The van der Waals surface area contributed by atoms with Gasteiger partial charge in [-0.05, 0) is 30.4 Å². The van der Waals surface area contributed by atoms with E-state index in [0.717, 1.165) is 12.5 Å². The van der Waals surface area contributed by atoms with Crippen LogP contribution < -0.4 is 0 Å². The van der Waals surface area contributed by atoms with E-state index in [2.05, 4.69) is 29.8 Å². The lowest BCUT2D eigenvalue weighted by molar-refractivity contribution is 0.550. The lowest BCUT2D eigenvalue weighted by atomic mass is 10.0. The van der Waals surface area contributed by atoms with Gasteiger partial charge in [0.15, 0.2) is 0 Å². The summed E-state index contributed by atoms with van der Waals surface area (Å²) in [7, 11) is 0. The standard InChI is InChI=1S/C12H15BrF2/c1-8(2)11(13)6-4-9-3-5-10(14)7-12(9)15/h3,5,7-8,11H,4,6H2,1-2H3. The van der Waals surface area contributed by atoms with E-state index in [9.17, 15) is 8.78 Å². The molecule has 0 aliphatic rings. The van der Waals surface area contributed by atoms with Gasteiger partial charge < -0.3 is 0 Å². The maximum absolute atomic E-state index is 13.2. The Labute approximate surface area is 97.8 Å². The van der Waals surface area contributed by atoms with Crippen molar-refractivity contribution in [1.29, 1.82) is 0 Å². The van der Waals surface area contributed by atoms with E-state index in [0.29, 0.717) is 22.7 Å². The van der Waals surface area contributed by atoms with Gasteiger partial charge in [-0.2, -0.15) is 0 Å². The molecule has 0 spiro atoms. The van der Waals surface area contributed by atoms with Crippen LogP contribution in [0.4, 0.5) is 8.78 Å². The van der Waals surface area contributed by atoms with Crippen molar-refractivity contribution in [2.75, 3.05) is 0 Å². The first kappa shape index (κ1) is 12.6. The largest absolute Gasteiger partial charge is 0.207 e. The SMILES string of the molecule is CC(C)C(Br)CCc1ccc(F)cc1F. The van der Waals surface area contributed by atoms with Crippen molar-refractivity contribution >= 4 is 15.9 Å². The molecular formula is C12H15BrF2.